The van der Waals surface area contributed by atoms with Crippen molar-refractivity contribution in [2.45, 2.75) is 33.6 Å². The summed E-state index contributed by atoms with van der Waals surface area (Å²) >= 11 is 0. The fraction of sp³-hybridized carbons (Fsp3) is 0.353. The predicted octanol–water partition coefficient (Wildman–Crippen LogP) is 2.81. The third-order valence-electron chi connectivity index (χ3n) is 3.86. The first-order valence-corrected chi connectivity index (χ1v) is 7.28. The lowest BCUT2D eigenvalue weighted by Gasteiger charge is -2.11. The van der Waals surface area contributed by atoms with E-state index in [4.69, 9.17) is 0 Å². The van der Waals surface area contributed by atoms with E-state index in [2.05, 4.69) is 10.4 Å². The van der Waals surface area contributed by atoms with Crippen LogP contribution in [0, 0.1) is 13.8 Å². The number of hydrogen-bond acceptors (Lipinski definition) is 3. The number of rotatable bonds is 5. The maximum Gasteiger partial charge on any atom is 0.224 e. The van der Waals surface area contributed by atoms with Gasteiger partial charge in [-0.2, -0.15) is 5.10 Å². The molecule has 5 heteroatoms. The fourth-order valence-corrected chi connectivity index (χ4v) is 2.49. The summed E-state index contributed by atoms with van der Waals surface area (Å²) in [5, 5.41) is 7.01. The summed E-state index contributed by atoms with van der Waals surface area (Å²) in [6.45, 7) is 5.36. The number of aromatic nitrogens is 2. The molecule has 0 aliphatic rings. The van der Waals surface area contributed by atoms with Gasteiger partial charge in [-0.3, -0.25) is 14.3 Å². The zero-order valence-corrected chi connectivity index (χ0v) is 13.4. The molecule has 0 saturated carbocycles. The number of amides is 1. The highest BCUT2D eigenvalue weighted by molar-refractivity contribution is 6.04. The van der Waals surface area contributed by atoms with E-state index < -0.39 is 0 Å². The summed E-state index contributed by atoms with van der Waals surface area (Å²) in [6, 6.07) is 5.46. The van der Waals surface area contributed by atoms with Gasteiger partial charge < -0.3 is 5.32 Å². The summed E-state index contributed by atoms with van der Waals surface area (Å²) in [4.78, 5) is 23.9. The van der Waals surface area contributed by atoms with Crippen LogP contribution in [0.1, 0.15) is 40.5 Å². The number of benzene rings is 1. The number of Topliss-reactive ketones (excluding diaryl/α,β-unsaturated/α-hetero) is 1. The highest BCUT2D eigenvalue weighted by Crippen LogP contribution is 2.20. The Labute approximate surface area is 130 Å². The number of carbonyl (C=O) groups excluding carboxylic acids is 2. The molecule has 1 heterocycles. The van der Waals surface area contributed by atoms with Gasteiger partial charge in [0.15, 0.2) is 5.78 Å². The summed E-state index contributed by atoms with van der Waals surface area (Å²) in [7, 11) is 1.88. The SMILES string of the molecule is CC(=O)c1c(C)cccc1NC(=O)CCc1cnn(C)c1C. The van der Waals surface area contributed by atoms with Gasteiger partial charge >= 0.3 is 0 Å². The molecule has 2 aromatic rings. The first kappa shape index (κ1) is 15.9. The highest BCUT2D eigenvalue weighted by Gasteiger charge is 2.13. The molecule has 0 fully saturated rings. The molecule has 0 unspecified atom stereocenters. The van der Waals surface area contributed by atoms with Crippen molar-refractivity contribution in [1.29, 1.82) is 0 Å². The molecule has 1 N–H and O–H groups in total. The van der Waals surface area contributed by atoms with Crippen molar-refractivity contribution in [2.24, 2.45) is 7.05 Å². The maximum atomic E-state index is 12.1. The molecule has 0 atom stereocenters. The average molecular weight is 299 g/mol. The topological polar surface area (TPSA) is 64.0 Å². The summed E-state index contributed by atoms with van der Waals surface area (Å²) in [5.41, 5.74) is 4.16. The van der Waals surface area contributed by atoms with Gasteiger partial charge in [-0.25, -0.2) is 0 Å². The Hall–Kier alpha value is -2.43. The van der Waals surface area contributed by atoms with Crippen LogP contribution in [0.2, 0.25) is 0 Å². The van der Waals surface area contributed by atoms with Crippen LogP contribution in [-0.2, 0) is 18.3 Å². The van der Waals surface area contributed by atoms with Crippen LogP contribution < -0.4 is 5.32 Å². The van der Waals surface area contributed by atoms with Crippen LogP contribution in [0.3, 0.4) is 0 Å². The van der Waals surface area contributed by atoms with Crippen LogP contribution in [0.15, 0.2) is 24.4 Å². The van der Waals surface area contributed by atoms with Gasteiger partial charge in [0.25, 0.3) is 0 Å². The number of anilines is 1. The van der Waals surface area contributed by atoms with Crippen molar-refractivity contribution < 1.29 is 9.59 Å². The molecule has 116 valence electrons. The van der Waals surface area contributed by atoms with Crippen LogP contribution >= 0.6 is 0 Å². The molecular weight excluding hydrogens is 278 g/mol. The standard InChI is InChI=1S/C17H21N3O2/c1-11-6-5-7-15(17(11)13(3)21)19-16(22)9-8-14-10-18-20(4)12(14)2/h5-7,10H,8-9H2,1-4H3,(H,19,22). The van der Waals surface area contributed by atoms with Crippen molar-refractivity contribution >= 4 is 17.4 Å². The van der Waals surface area contributed by atoms with Gasteiger partial charge in [-0.15, -0.1) is 0 Å². The lowest BCUT2D eigenvalue weighted by molar-refractivity contribution is -0.116. The van der Waals surface area contributed by atoms with Crippen LogP contribution in [0.5, 0.6) is 0 Å². The minimum absolute atomic E-state index is 0.0449. The van der Waals surface area contributed by atoms with Crippen LogP contribution in [0.4, 0.5) is 5.69 Å². The molecule has 2 rings (SSSR count). The van der Waals surface area contributed by atoms with Gasteiger partial charge in [-0.05, 0) is 44.4 Å². The van der Waals surface area contributed by atoms with Gasteiger partial charge in [-0.1, -0.05) is 12.1 Å². The second-order valence-corrected chi connectivity index (χ2v) is 5.48. The molecule has 0 bridgehead atoms. The second-order valence-electron chi connectivity index (χ2n) is 5.48. The Kier molecular flexibility index (Phi) is 4.75. The summed E-state index contributed by atoms with van der Waals surface area (Å²) < 4.78 is 1.79. The van der Waals surface area contributed by atoms with E-state index in [-0.39, 0.29) is 11.7 Å². The third-order valence-corrected chi connectivity index (χ3v) is 3.86. The zero-order chi connectivity index (χ0) is 16.3. The Bertz CT molecular complexity index is 717. The quantitative estimate of drug-likeness (QED) is 0.863. The molecule has 0 spiro atoms. The molecule has 1 aromatic carbocycles. The smallest absolute Gasteiger partial charge is 0.224 e. The molecule has 1 amide bonds. The first-order valence-electron chi connectivity index (χ1n) is 7.28. The van der Waals surface area contributed by atoms with E-state index in [0.29, 0.717) is 24.1 Å². The lowest BCUT2D eigenvalue weighted by Crippen LogP contribution is -2.15. The molecule has 5 nitrogen and oxygen atoms in total. The Balaban J connectivity index is 2.05. The van der Waals surface area contributed by atoms with Gasteiger partial charge in [0.05, 0.1) is 11.9 Å². The van der Waals surface area contributed by atoms with Gasteiger partial charge in [0, 0.05) is 24.7 Å². The second kappa shape index (κ2) is 6.56. The maximum absolute atomic E-state index is 12.1. The minimum atomic E-state index is -0.101. The molecular formula is C17H21N3O2. The zero-order valence-electron chi connectivity index (χ0n) is 13.4. The predicted molar refractivity (Wildman–Crippen MR) is 86.1 cm³/mol. The fourth-order valence-electron chi connectivity index (χ4n) is 2.49. The van der Waals surface area contributed by atoms with E-state index in [1.807, 2.05) is 33.0 Å². The van der Waals surface area contributed by atoms with E-state index in [1.54, 1.807) is 16.9 Å². The Morgan fingerprint density at radius 3 is 2.59 bits per heavy atom. The number of hydrogen-bond donors (Lipinski definition) is 1. The van der Waals surface area contributed by atoms with Gasteiger partial charge in [0.1, 0.15) is 0 Å². The van der Waals surface area contributed by atoms with Crippen molar-refractivity contribution in [2.75, 3.05) is 5.32 Å². The molecule has 22 heavy (non-hydrogen) atoms. The Morgan fingerprint density at radius 2 is 2.00 bits per heavy atom. The van der Waals surface area contributed by atoms with E-state index in [9.17, 15) is 9.59 Å². The average Bonchev–Trinajstić information content (AvgIpc) is 2.76. The van der Waals surface area contributed by atoms with E-state index in [1.165, 1.54) is 6.92 Å². The summed E-state index contributed by atoms with van der Waals surface area (Å²) in [5.74, 6) is -0.146. The van der Waals surface area contributed by atoms with Crippen molar-refractivity contribution in [3.05, 3.63) is 46.8 Å². The largest absolute Gasteiger partial charge is 0.325 e. The molecule has 0 radical (unpaired) electrons. The Morgan fingerprint density at radius 1 is 1.27 bits per heavy atom. The highest BCUT2D eigenvalue weighted by atomic mass is 16.1. The molecule has 0 saturated heterocycles. The normalized spacial score (nSPS) is 10.5. The first-order chi connectivity index (χ1) is 10.4. The monoisotopic (exact) mass is 299 g/mol. The molecule has 0 aliphatic carbocycles. The van der Waals surface area contributed by atoms with Crippen LogP contribution in [-0.4, -0.2) is 21.5 Å². The van der Waals surface area contributed by atoms with Crippen molar-refractivity contribution in [1.82, 2.24) is 9.78 Å². The summed E-state index contributed by atoms with van der Waals surface area (Å²) in [6.07, 6.45) is 2.78. The number of aryl methyl sites for hydroxylation is 3. The van der Waals surface area contributed by atoms with Gasteiger partial charge in [0.2, 0.25) is 5.91 Å². The van der Waals surface area contributed by atoms with Crippen molar-refractivity contribution in [3.8, 4) is 0 Å². The third kappa shape index (κ3) is 3.42. The number of carbonyl (C=O) groups is 2. The molecule has 0 aliphatic heterocycles. The molecule has 1 aromatic heterocycles. The van der Waals surface area contributed by atoms with E-state index >= 15 is 0 Å². The number of nitrogens with one attached hydrogen (secondary N) is 1. The number of nitrogens with zero attached hydrogens (tertiary/aromatic N) is 2. The van der Waals surface area contributed by atoms with Crippen LogP contribution in [0.25, 0.3) is 0 Å². The lowest BCUT2D eigenvalue weighted by atomic mass is 10.0. The van der Waals surface area contributed by atoms with Crippen molar-refractivity contribution in [3.63, 3.8) is 0 Å². The minimum Gasteiger partial charge on any atom is -0.325 e. The van der Waals surface area contributed by atoms with E-state index in [0.717, 1.165) is 16.8 Å². The number of ketones is 1.